The van der Waals surface area contributed by atoms with Crippen molar-refractivity contribution in [3.63, 3.8) is 0 Å². The Kier molecular flexibility index (Phi) is 3.91. The van der Waals surface area contributed by atoms with E-state index in [0.29, 0.717) is 18.2 Å². The Hall–Kier alpha value is -2.10. The summed E-state index contributed by atoms with van der Waals surface area (Å²) in [6.07, 6.45) is 5.24. The van der Waals surface area contributed by atoms with Crippen LogP contribution in [0.1, 0.15) is 41.1 Å². The number of aryl methyl sites for hydroxylation is 1. The van der Waals surface area contributed by atoms with Crippen molar-refractivity contribution in [2.24, 2.45) is 0 Å². The van der Waals surface area contributed by atoms with Crippen LogP contribution in [0.4, 0.5) is 5.00 Å². The summed E-state index contributed by atoms with van der Waals surface area (Å²) >= 11 is 1.59. The molecule has 5 nitrogen and oxygen atoms in total. The Bertz CT molecular complexity index is 829. The van der Waals surface area contributed by atoms with Crippen molar-refractivity contribution < 1.29 is 9.69 Å². The molecule has 0 radical (unpaired) electrons. The third-order valence-corrected chi connectivity index (χ3v) is 6.48. The summed E-state index contributed by atoms with van der Waals surface area (Å²) in [7, 11) is 0. The van der Waals surface area contributed by atoms with Crippen LogP contribution in [0.5, 0.6) is 0 Å². The van der Waals surface area contributed by atoms with Gasteiger partial charge in [0.1, 0.15) is 17.1 Å². The standard InChI is InChI=1S/C18H20N4OS/c1-12-15-5-3-7-21(15)8-9-22(12)11-17(23)20-18-14(10-19)13-4-2-6-16(13)24-18/h3,5,7,12H,2,4,6,8-9,11H2,1H3,(H,20,23)/p+1/t12-/m0/s1. The Morgan fingerprint density at radius 1 is 1.54 bits per heavy atom. The fourth-order valence-electron chi connectivity index (χ4n) is 3.94. The van der Waals surface area contributed by atoms with Gasteiger partial charge in [-0.2, -0.15) is 5.26 Å². The molecule has 4 rings (SSSR count). The number of carbonyl (C=O) groups is 1. The van der Waals surface area contributed by atoms with Gasteiger partial charge >= 0.3 is 0 Å². The molecule has 2 atom stereocenters. The van der Waals surface area contributed by atoms with Crippen molar-refractivity contribution >= 4 is 22.2 Å². The number of amides is 1. The molecular formula is C18H21N4OS+. The van der Waals surface area contributed by atoms with Crippen LogP contribution < -0.4 is 10.2 Å². The van der Waals surface area contributed by atoms with Crippen LogP contribution in [0.15, 0.2) is 18.3 Å². The smallest absolute Gasteiger partial charge is 0.280 e. The van der Waals surface area contributed by atoms with Crippen molar-refractivity contribution in [3.05, 3.63) is 40.0 Å². The number of hydrogen-bond acceptors (Lipinski definition) is 3. The molecule has 3 heterocycles. The lowest BCUT2D eigenvalue weighted by Crippen LogP contribution is -3.14. The lowest BCUT2D eigenvalue weighted by atomic mass is 10.1. The van der Waals surface area contributed by atoms with E-state index in [-0.39, 0.29) is 5.91 Å². The summed E-state index contributed by atoms with van der Waals surface area (Å²) in [6.45, 7) is 4.52. The van der Waals surface area contributed by atoms with E-state index < -0.39 is 0 Å². The predicted molar refractivity (Wildman–Crippen MR) is 93.2 cm³/mol. The quantitative estimate of drug-likeness (QED) is 0.889. The normalized spacial score (nSPS) is 21.8. The highest BCUT2D eigenvalue weighted by Gasteiger charge is 2.29. The first kappa shape index (κ1) is 15.4. The van der Waals surface area contributed by atoms with Crippen molar-refractivity contribution in [2.45, 2.75) is 38.8 Å². The first-order valence-electron chi connectivity index (χ1n) is 8.51. The van der Waals surface area contributed by atoms with Crippen LogP contribution in [-0.4, -0.2) is 23.6 Å². The molecule has 6 heteroatoms. The van der Waals surface area contributed by atoms with Crippen LogP contribution in [0.25, 0.3) is 0 Å². The minimum absolute atomic E-state index is 0.00767. The summed E-state index contributed by atoms with van der Waals surface area (Å²) in [6, 6.07) is 6.81. The Morgan fingerprint density at radius 2 is 2.42 bits per heavy atom. The Morgan fingerprint density at radius 3 is 3.25 bits per heavy atom. The van der Waals surface area contributed by atoms with Gasteiger partial charge in [0.15, 0.2) is 6.54 Å². The zero-order valence-electron chi connectivity index (χ0n) is 13.8. The predicted octanol–water partition coefficient (Wildman–Crippen LogP) is 1.51. The van der Waals surface area contributed by atoms with E-state index in [4.69, 9.17) is 0 Å². The molecule has 0 spiro atoms. The van der Waals surface area contributed by atoms with E-state index >= 15 is 0 Å². The maximum Gasteiger partial charge on any atom is 0.280 e. The number of aromatic nitrogens is 1. The van der Waals surface area contributed by atoms with Gasteiger partial charge in [0.25, 0.3) is 5.91 Å². The molecule has 0 bridgehead atoms. The molecule has 2 aromatic rings. The van der Waals surface area contributed by atoms with E-state index in [1.54, 1.807) is 11.3 Å². The molecule has 0 fully saturated rings. The monoisotopic (exact) mass is 341 g/mol. The van der Waals surface area contributed by atoms with Crippen LogP contribution in [-0.2, 0) is 24.2 Å². The van der Waals surface area contributed by atoms with Gasteiger partial charge in [-0.15, -0.1) is 11.3 Å². The number of nitrogens with one attached hydrogen (secondary N) is 2. The summed E-state index contributed by atoms with van der Waals surface area (Å²) in [5, 5.41) is 13.2. The molecule has 0 saturated carbocycles. The fraction of sp³-hybridized carbons (Fsp3) is 0.444. The molecule has 2 aliphatic rings. The summed E-state index contributed by atoms with van der Waals surface area (Å²) in [5.41, 5.74) is 3.14. The number of fused-ring (bicyclic) bond motifs is 2. The highest BCUT2D eigenvalue weighted by atomic mass is 32.1. The van der Waals surface area contributed by atoms with Crippen molar-refractivity contribution in [1.82, 2.24) is 4.57 Å². The van der Waals surface area contributed by atoms with Gasteiger partial charge in [0.05, 0.1) is 24.3 Å². The number of hydrogen-bond donors (Lipinski definition) is 2. The molecule has 1 aliphatic carbocycles. The zero-order chi connectivity index (χ0) is 16.7. The Labute approximate surface area is 145 Å². The van der Waals surface area contributed by atoms with Crippen molar-refractivity contribution in [1.29, 1.82) is 5.26 Å². The second-order valence-corrected chi connectivity index (χ2v) is 7.76. The number of nitriles is 1. The van der Waals surface area contributed by atoms with Crippen molar-refractivity contribution in [3.8, 4) is 6.07 Å². The van der Waals surface area contributed by atoms with E-state index in [2.05, 4.69) is 41.2 Å². The average Bonchev–Trinajstić information content (AvgIpc) is 3.25. The highest BCUT2D eigenvalue weighted by Crippen LogP contribution is 2.38. The molecule has 0 aromatic carbocycles. The van der Waals surface area contributed by atoms with Gasteiger partial charge in [0.2, 0.25) is 0 Å². The number of nitrogens with zero attached hydrogens (tertiary/aromatic N) is 2. The molecule has 0 saturated heterocycles. The van der Waals surface area contributed by atoms with Crippen LogP contribution in [0.3, 0.4) is 0 Å². The topological polar surface area (TPSA) is 62.3 Å². The molecule has 1 unspecified atom stereocenters. The summed E-state index contributed by atoms with van der Waals surface area (Å²) < 4.78 is 2.27. The maximum absolute atomic E-state index is 12.5. The van der Waals surface area contributed by atoms with Crippen LogP contribution >= 0.6 is 11.3 Å². The maximum atomic E-state index is 12.5. The number of thiophene rings is 1. The second-order valence-electron chi connectivity index (χ2n) is 6.65. The van der Waals surface area contributed by atoms with Gasteiger partial charge in [0, 0.05) is 11.1 Å². The lowest BCUT2D eigenvalue weighted by Gasteiger charge is -2.31. The van der Waals surface area contributed by atoms with Gasteiger partial charge in [-0.3, -0.25) is 4.79 Å². The van der Waals surface area contributed by atoms with Crippen LogP contribution in [0.2, 0.25) is 0 Å². The molecule has 2 aromatic heterocycles. The number of anilines is 1. The number of quaternary nitrogens is 1. The first-order chi connectivity index (χ1) is 11.7. The van der Waals surface area contributed by atoms with Gasteiger partial charge < -0.3 is 14.8 Å². The van der Waals surface area contributed by atoms with Crippen LogP contribution in [0, 0.1) is 11.3 Å². The van der Waals surface area contributed by atoms with E-state index in [9.17, 15) is 10.1 Å². The third kappa shape index (κ3) is 2.54. The number of rotatable bonds is 3. The largest absolute Gasteiger partial charge is 0.341 e. The molecule has 124 valence electrons. The van der Waals surface area contributed by atoms with Crippen molar-refractivity contribution in [2.75, 3.05) is 18.4 Å². The third-order valence-electron chi connectivity index (χ3n) is 5.27. The molecule has 2 N–H and O–H groups in total. The second kappa shape index (κ2) is 6.08. The lowest BCUT2D eigenvalue weighted by molar-refractivity contribution is -0.926. The molecule has 1 aliphatic heterocycles. The SMILES string of the molecule is C[C@H]1c2cccn2CC[NH+]1CC(=O)Nc1sc2c(c1C#N)CCC2. The van der Waals surface area contributed by atoms with E-state index in [1.807, 2.05) is 0 Å². The number of carbonyl (C=O) groups excluding carboxylic acids is 1. The summed E-state index contributed by atoms with van der Waals surface area (Å²) in [5.74, 6) is 0.00767. The van der Waals surface area contributed by atoms with Gasteiger partial charge in [-0.25, -0.2) is 0 Å². The highest BCUT2D eigenvalue weighted by molar-refractivity contribution is 7.16. The van der Waals surface area contributed by atoms with E-state index in [1.165, 1.54) is 15.5 Å². The van der Waals surface area contributed by atoms with Gasteiger partial charge in [-0.05, 0) is 43.9 Å². The minimum atomic E-state index is 0.00767. The zero-order valence-corrected chi connectivity index (χ0v) is 14.6. The Balaban J connectivity index is 1.46. The first-order valence-corrected chi connectivity index (χ1v) is 9.33. The molecule has 1 amide bonds. The molecule has 24 heavy (non-hydrogen) atoms. The van der Waals surface area contributed by atoms with Gasteiger partial charge in [-0.1, -0.05) is 0 Å². The fourth-order valence-corrected chi connectivity index (χ4v) is 5.20. The molecular weight excluding hydrogens is 320 g/mol. The summed E-state index contributed by atoms with van der Waals surface area (Å²) in [4.78, 5) is 15.1. The minimum Gasteiger partial charge on any atom is -0.341 e. The van der Waals surface area contributed by atoms with E-state index in [0.717, 1.165) is 42.9 Å². The average molecular weight is 341 g/mol.